The minimum atomic E-state index is -2.07. The Morgan fingerprint density at radius 1 is 0.474 bits per heavy atom. The summed E-state index contributed by atoms with van der Waals surface area (Å²) in [5.41, 5.74) is 10.2. The van der Waals surface area contributed by atoms with Crippen molar-refractivity contribution < 1.29 is 70.0 Å². The summed E-state index contributed by atoms with van der Waals surface area (Å²) in [6.07, 6.45) is 5.44. The van der Waals surface area contributed by atoms with Gasteiger partial charge in [0.25, 0.3) is 0 Å². The van der Waals surface area contributed by atoms with Gasteiger partial charge in [-0.1, -0.05) is 237 Å². The zero-order valence-corrected chi connectivity index (χ0v) is 71.1. The quantitative estimate of drug-likeness (QED) is 0.0390. The third kappa shape index (κ3) is 31.3. The Morgan fingerprint density at radius 2 is 0.821 bits per heavy atom. The second kappa shape index (κ2) is 50.7. The third-order valence-electron chi connectivity index (χ3n) is 15.4. The topological polar surface area (TPSA) is 127 Å². The first-order chi connectivity index (χ1) is 43.6. The summed E-state index contributed by atoms with van der Waals surface area (Å²) in [5.74, 6) is 0. The molecule has 3 atom stereocenters. The molecule has 0 aliphatic rings. The van der Waals surface area contributed by atoms with Gasteiger partial charge in [-0.05, 0) is 184 Å². The molecule has 21 heteroatoms. The van der Waals surface area contributed by atoms with E-state index in [1.807, 2.05) is 66.0 Å². The zero-order chi connectivity index (χ0) is 69.3. The number of hydrogen-bond donors (Lipinski definition) is 2. The molecule has 2 N–H and O–H groups in total. The molecule has 8 nitrogen and oxygen atoms in total. The van der Waals surface area contributed by atoms with Crippen LogP contribution in [0.3, 0.4) is 0 Å². The molecule has 521 valence electrons. The molecule has 4 heterocycles. The number of aldehydes is 2. The summed E-state index contributed by atoms with van der Waals surface area (Å²) in [6.45, 7) is 37.8. The van der Waals surface area contributed by atoms with Crippen molar-refractivity contribution in [2.45, 2.75) is 203 Å². The average molecular weight is 1770 g/mol. The molecule has 0 saturated heterocycles. The fourth-order valence-corrected chi connectivity index (χ4v) is 27.5. The number of aliphatic hydroxyl groups excluding tert-OH is 2. The molecule has 0 bridgehead atoms. The Morgan fingerprint density at radius 3 is 1.13 bits per heavy atom. The van der Waals surface area contributed by atoms with Crippen molar-refractivity contribution >= 4 is 154 Å². The second-order valence-electron chi connectivity index (χ2n) is 23.5. The molecule has 0 radical (unpaired) electrons. The summed E-state index contributed by atoms with van der Waals surface area (Å²) in [7, 11) is -4.12. The van der Waals surface area contributed by atoms with Gasteiger partial charge in [0, 0.05) is 47.9 Å². The predicted octanol–water partition coefficient (Wildman–Crippen LogP) is 24.0. The van der Waals surface area contributed by atoms with Crippen molar-refractivity contribution in [3.05, 3.63) is 231 Å². The van der Waals surface area contributed by atoms with E-state index in [0.717, 1.165) is 87.3 Å². The monoisotopic (exact) mass is 1760 g/mol. The fraction of sp³-hybridized carbons (Fsp3) is 0.419. The molecule has 95 heavy (non-hydrogen) atoms. The van der Waals surface area contributed by atoms with Crippen LogP contribution in [0.2, 0.25) is 33.2 Å². The standard InChI is InChI=1S/C21H31BrO2SSi.C21H29BrO2SSi.C13H13BrOS.C7H5BrO.C6H7BrS.C4H9.2CH4.Li.Mn.2O/c2*1-14(2)26(15(3)4,16(5)6)24-21(17-8-7-9-19(22)10-17)18-11-20(12-23)25-13-18;1-2-12-7-10(8-16-12)13(15)9-4-3-5-11(14)6-9;8-7-3-1-2-6(4-7)5-9;1-2-6-3-5(7)4-8-6;1-3-4-2;;;;;;/h7-11,13-16,21,23H,12H2,1-6H3;7-16,21H,1-6H3;3-8,13,15H,2H2,1H3;1-5H;3-4H,2H2,1H3;1,3-4H2,2H3;2*1H4;;;;/q;;;;;-1;;;+1;;;. The Labute approximate surface area is 650 Å². The van der Waals surface area contributed by atoms with E-state index in [-0.39, 0.29) is 52.5 Å². The first-order valence-electron chi connectivity index (χ1n) is 30.8. The number of hydrogen-bond acceptors (Lipinski definition) is 12. The minimum absolute atomic E-state index is 0. The summed E-state index contributed by atoms with van der Waals surface area (Å²) < 4.78 is 36.3. The number of benzene rings is 4. The van der Waals surface area contributed by atoms with Gasteiger partial charge in [0.1, 0.15) is 12.4 Å². The first-order valence-corrected chi connectivity index (χ1v) is 43.6. The molecule has 0 saturated carbocycles. The van der Waals surface area contributed by atoms with E-state index < -0.39 is 37.6 Å². The predicted molar refractivity (Wildman–Crippen MR) is 424 cm³/mol. The Balaban J connectivity index is 0. The molecular formula is C74H102Br5LiMnO8S4Si2. The summed E-state index contributed by atoms with van der Waals surface area (Å²) in [5, 5.41) is 28.1. The molecule has 4 aromatic heterocycles. The van der Waals surface area contributed by atoms with Crippen molar-refractivity contribution in [3.63, 3.8) is 0 Å². The van der Waals surface area contributed by atoms with Crippen molar-refractivity contribution in [1.29, 1.82) is 0 Å². The number of rotatable bonds is 22. The van der Waals surface area contributed by atoms with Gasteiger partial charge < -0.3 is 26.0 Å². The van der Waals surface area contributed by atoms with E-state index in [9.17, 15) is 19.8 Å². The molecule has 0 fully saturated rings. The summed E-state index contributed by atoms with van der Waals surface area (Å²) >= 11 is 22.4. The number of unbranched alkanes of at least 4 members (excludes halogenated alkanes) is 1. The molecule has 0 aliphatic carbocycles. The molecule has 3 unspecified atom stereocenters. The van der Waals surface area contributed by atoms with Crippen LogP contribution >= 0.6 is 125 Å². The van der Waals surface area contributed by atoms with Gasteiger partial charge in [-0.25, -0.2) is 0 Å². The van der Waals surface area contributed by atoms with E-state index in [2.05, 4.69) is 255 Å². The van der Waals surface area contributed by atoms with Crippen LogP contribution in [0.15, 0.2) is 165 Å². The van der Waals surface area contributed by atoms with E-state index in [0.29, 0.717) is 38.8 Å². The SMILES string of the molecule is C.C.CC(C)[Si](OC(c1cccc(Br)c1)c1csc(C=O)c1)(C(C)C)C(C)C.CC(C)[Si](OC(c1cccc(Br)c1)c1csc(CO)c1)(C(C)C)C(C)C.CCc1cc(Br)cs1.CCc1cc(C(O)c2cccc(Br)c2)cs1.O=Cc1cccc(Br)c1.[CH2-]CCC.[Li+].[O]=[Mn]=[O]. The fourth-order valence-electron chi connectivity index (χ4n) is 11.1. The van der Waals surface area contributed by atoms with Crippen LogP contribution in [0.5, 0.6) is 0 Å². The third-order valence-corrected chi connectivity index (χ3v) is 34.2. The zero-order valence-electron chi connectivity index (χ0n) is 56.7. The maximum absolute atomic E-state index is 11.2. The number of aliphatic hydroxyl groups is 2. The van der Waals surface area contributed by atoms with Crippen LogP contribution in [0, 0.1) is 6.92 Å². The Bertz CT molecular complexity index is 3370. The van der Waals surface area contributed by atoms with Gasteiger partial charge in [0.05, 0.1) is 23.7 Å². The number of aryl methyl sites for hydroxylation is 2. The number of halogens is 5. The van der Waals surface area contributed by atoms with Crippen LogP contribution < -0.4 is 18.9 Å². The van der Waals surface area contributed by atoms with Crippen LogP contribution in [0.4, 0.5) is 0 Å². The van der Waals surface area contributed by atoms with Gasteiger partial charge in [-0.15, -0.1) is 45.3 Å². The van der Waals surface area contributed by atoms with E-state index in [1.54, 1.807) is 46.1 Å². The van der Waals surface area contributed by atoms with E-state index in [4.69, 9.17) is 16.5 Å². The second-order valence-corrected chi connectivity index (χ2v) is 43.0. The van der Waals surface area contributed by atoms with Gasteiger partial charge in [-0.2, -0.15) is 6.42 Å². The van der Waals surface area contributed by atoms with Crippen LogP contribution in [0.1, 0.15) is 218 Å². The Hall–Kier alpha value is -1.59. The summed E-state index contributed by atoms with van der Waals surface area (Å²) in [6, 6.07) is 40.1. The molecule has 0 spiro atoms. The van der Waals surface area contributed by atoms with Gasteiger partial charge in [0.15, 0.2) is 6.29 Å². The van der Waals surface area contributed by atoms with Crippen molar-refractivity contribution in [3.8, 4) is 0 Å². The molecule has 0 aliphatic heterocycles. The average Bonchev–Trinajstić information content (AvgIpc) is 1.44. The van der Waals surface area contributed by atoms with Crippen LogP contribution in [-0.2, 0) is 50.8 Å². The maximum atomic E-state index is 11.2. The molecular weight excluding hydrogens is 1660 g/mol. The molecule has 8 rings (SSSR count). The number of carbonyl (C=O) groups excluding carboxylic acids is 2. The van der Waals surface area contributed by atoms with Gasteiger partial charge >= 0.3 is 41.4 Å². The van der Waals surface area contributed by atoms with Crippen LogP contribution in [0.25, 0.3) is 0 Å². The summed E-state index contributed by atoms with van der Waals surface area (Å²) in [4.78, 5) is 25.8. The van der Waals surface area contributed by atoms with Gasteiger partial charge in [0.2, 0.25) is 16.6 Å². The van der Waals surface area contributed by atoms with Crippen molar-refractivity contribution in [2.24, 2.45) is 0 Å². The van der Waals surface area contributed by atoms with E-state index in [1.165, 1.54) is 37.5 Å². The molecule has 8 aromatic rings. The van der Waals surface area contributed by atoms with Crippen molar-refractivity contribution in [2.75, 3.05) is 0 Å². The molecule has 0 amide bonds. The van der Waals surface area contributed by atoms with Crippen LogP contribution in [-0.4, -0.2) is 39.4 Å². The Kier molecular flexibility index (Phi) is 50.9. The van der Waals surface area contributed by atoms with Crippen molar-refractivity contribution in [1.82, 2.24) is 0 Å². The molecule has 4 aromatic carbocycles. The number of carbonyl (C=O) groups is 2. The first kappa shape index (κ1) is 95.5. The van der Waals surface area contributed by atoms with E-state index >= 15 is 0 Å². The van der Waals surface area contributed by atoms with Gasteiger partial charge in [-0.3, -0.25) is 9.59 Å². The number of thiophene rings is 4. The normalized spacial score (nSPS) is 11.8.